The molecule has 4 aromatic carbocycles. The average Bonchev–Trinajstić information content (AvgIpc) is 2.96. The van der Waals surface area contributed by atoms with Crippen molar-refractivity contribution >= 4 is 35.0 Å². The van der Waals surface area contributed by atoms with E-state index in [4.69, 9.17) is 32.7 Å². The number of benzene rings is 4. The molecule has 0 unspecified atom stereocenters. The Balaban J connectivity index is 1.65. The maximum Gasteiger partial charge on any atom is 0.261 e. The average molecular weight is 563 g/mol. The van der Waals surface area contributed by atoms with E-state index in [1.165, 1.54) is 4.90 Å². The quantitative estimate of drug-likeness (QED) is 0.227. The highest BCUT2D eigenvalue weighted by molar-refractivity contribution is 6.32. The maximum absolute atomic E-state index is 13.8. The molecule has 2 amide bonds. The molecule has 0 saturated heterocycles. The van der Waals surface area contributed by atoms with Crippen LogP contribution < -0.4 is 14.8 Å². The lowest BCUT2D eigenvalue weighted by Gasteiger charge is -2.31. The van der Waals surface area contributed by atoms with Crippen LogP contribution in [-0.4, -0.2) is 30.4 Å². The number of para-hydroxylation sites is 1. The van der Waals surface area contributed by atoms with Gasteiger partial charge in [0.15, 0.2) is 6.61 Å². The largest absolute Gasteiger partial charge is 0.497 e. The van der Waals surface area contributed by atoms with E-state index >= 15 is 0 Å². The summed E-state index contributed by atoms with van der Waals surface area (Å²) in [6.07, 6.45) is 0. The second kappa shape index (κ2) is 13.7. The fourth-order valence-corrected chi connectivity index (χ4v) is 4.46. The van der Waals surface area contributed by atoms with Gasteiger partial charge < -0.3 is 19.7 Å². The molecule has 0 aromatic heterocycles. The molecule has 0 bridgehead atoms. The van der Waals surface area contributed by atoms with Gasteiger partial charge in [-0.3, -0.25) is 9.59 Å². The highest BCUT2D eigenvalue weighted by atomic mass is 35.5. The summed E-state index contributed by atoms with van der Waals surface area (Å²) in [5.41, 5.74) is 2.25. The molecule has 1 N–H and O–H groups in total. The number of hydrogen-bond acceptors (Lipinski definition) is 4. The molecule has 39 heavy (non-hydrogen) atoms. The van der Waals surface area contributed by atoms with E-state index < -0.39 is 6.04 Å². The molecule has 0 saturated carbocycles. The summed E-state index contributed by atoms with van der Waals surface area (Å²) in [5.74, 6) is 0.348. The first-order valence-electron chi connectivity index (χ1n) is 12.3. The summed E-state index contributed by atoms with van der Waals surface area (Å²) >= 11 is 12.5. The van der Waals surface area contributed by atoms with Gasteiger partial charge in [0.25, 0.3) is 5.91 Å². The second-order valence-corrected chi connectivity index (χ2v) is 9.53. The van der Waals surface area contributed by atoms with Gasteiger partial charge in [-0.2, -0.15) is 0 Å². The van der Waals surface area contributed by atoms with Crippen molar-refractivity contribution < 1.29 is 19.1 Å². The minimum Gasteiger partial charge on any atom is -0.497 e. The molecule has 0 fully saturated rings. The van der Waals surface area contributed by atoms with Gasteiger partial charge in [0, 0.05) is 18.1 Å². The standard InChI is InChI=1S/C31H28Cl2N2O4/c1-38-25-17-15-22(16-18-25)20-35(29(36)21-39-28-14-8-7-13-27(28)33)30(23-9-3-2-4-10-23)31(37)34-19-24-11-5-6-12-26(24)32/h2-18,30H,19-21H2,1H3,(H,34,37)/t30-/m0/s1. The van der Waals surface area contributed by atoms with Gasteiger partial charge in [-0.05, 0) is 47.0 Å². The lowest BCUT2D eigenvalue weighted by Crippen LogP contribution is -2.45. The van der Waals surface area contributed by atoms with E-state index in [1.54, 1.807) is 37.4 Å². The summed E-state index contributed by atoms with van der Waals surface area (Å²) in [4.78, 5) is 29.0. The van der Waals surface area contributed by atoms with Crippen molar-refractivity contribution in [2.75, 3.05) is 13.7 Å². The Kier molecular flexibility index (Phi) is 9.84. The van der Waals surface area contributed by atoms with Gasteiger partial charge in [-0.1, -0.05) is 96.0 Å². The monoisotopic (exact) mass is 562 g/mol. The second-order valence-electron chi connectivity index (χ2n) is 8.71. The molecule has 6 nitrogen and oxygen atoms in total. The number of ether oxygens (including phenoxy) is 2. The number of rotatable bonds is 11. The Morgan fingerprint density at radius 1 is 0.821 bits per heavy atom. The molecule has 1 atom stereocenters. The zero-order valence-corrected chi connectivity index (χ0v) is 22.9. The number of carbonyl (C=O) groups is 2. The van der Waals surface area contributed by atoms with Crippen LogP contribution >= 0.6 is 23.2 Å². The predicted molar refractivity (Wildman–Crippen MR) is 153 cm³/mol. The van der Waals surface area contributed by atoms with Crippen LogP contribution in [0.2, 0.25) is 10.0 Å². The van der Waals surface area contributed by atoms with Crippen LogP contribution in [0.15, 0.2) is 103 Å². The highest BCUT2D eigenvalue weighted by Crippen LogP contribution is 2.27. The molecule has 0 aliphatic heterocycles. The van der Waals surface area contributed by atoms with Crippen molar-refractivity contribution in [2.45, 2.75) is 19.1 Å². The molecule has 8 heteroatoms. The van der Waals surface area contributed by atoms with E-state index in [1.807, 2.05) is 72.8 Å². The van der Waals surface area contributed by atoms with Crippen molar-refractivity contribution in [3.63, 3.8) is 0 Å². The first-order valence-corrected chi connectivity index (χ1v) is 13.1. The topological polar surface area (TPSA) is 67.9 Å². The molecule has 0 radical (unpaired) electrons. The van der Waals surface area contributed by atoms with Crippen LogP contribution in [-0.2, 0) is 22.7 Å². The molecular formula is C31H28Cl2N2O4. The SMILES string of the molecule is COc1ccc(CN(C(=O)COc2ccccc2Cl)[C@H](C(=O)NCc2ccccc2Cl)c2ccccc2)cc1. The van der Waals surface area contributed by atoms with Gasteiger partial charge in [-0.15, -0.1) is 0 Å². The fourth-order valence-electron chi connectivity index (χ4n) is 4.06. The lowest BCUT2D eigenvalue weighted by atomic mass is 10.0. The molecule has 4 rings (SSSR count). The van der Waals surface area contributed by atoms with Crippen LogP contribution in [0.3, 0.4) is 0 Å². The van der Waals surface area contributed by atoms with Crippen molar-refractivity contribution in [2.24, 2.45) is 0 Å². The minimum absolute atomic E-state index is 0.160. The number of hydrogen-bond donors (Lipinski definition) is 1. The van der Waals surface area contributed by atoms with Gasteiger partial charge in [0.2, 0.25) is 5.91 Å². The molecule has 4 aromatic rings. The molecule has 0 aliphatic rings. The number of methoxy groups -OCH3 is 1. The van der Waals surface area contributed by atoms with Crippen LogP contribution in [0, 0.1) is 0 Å². The third-order valence-corrected chi connectivity index (χ3v) is 6.79. The highest BCUT2D eigenvalue weighted by Gasteiger charge is 2.32. The first-order chi connectivity index (χ1) is 19.0. The number of nitrogens with zero attached hydrogens (tertiary/aromatic N) is 1. The number of carbonyl (C=O) groups excluding carboxylic acids is 2. The predicted octanol–water partition coefficient (Wildman–Crippen LogP) is 6.47. The van der Waals surface area contributed by atoms with Crippen LogP contribution in [0.4, 0.5) is 0 Å². The molecule has 0 aliphatic carbocycles. The Hall–Kier alpha value is -4.00. The maximum atomic E-state index is 13.8. The van der Waals surface area contributed by atoms with Crippen LogP contribution in [0.25, 0.3) is 0 Å². The number of amides is 2. The van der Waals surface area contributed by atoms with Crippen molar-refractivity contribution in [1.82, 2.24) is 10.2 Å². The van der Waals surface area contributed by atoms with E-state index in [0.717, 1.165) is 11.1 Å². The normalized spacial score (nSPS) is 11.4. The zero-order chi connectivity index (χ0) is 27.6. The number of nitrogens with one attached hydrogen (secondary N) is 1. The van der Waals surface area contributed by atoms with Crippen LogP contribution in [0.1, 0.15) is 22.7 Å². The van der Waals surface area contributed by atoms with E-state index in [-0.39, 0.29) is 31.5 Å². The fraction of sp³-hybridized carbons (Fsp3) is 0.161. The Labute approximate surface area is 238 Å². The number of halogens is 2. The minimum atomic E-state index is -0.932. The Morgan fingerprint density at radius 2 is 1.46 bits per heavy atom. The van der Waals surface area contributed by atoms with E-state index in [0.29, 0.717) is 27.1 Å². The van der Waals surface area contributed by atoms with E-state index in [9.17, 15) is 9.59 Å². The zero-order valence-electron chi connectivity index (χ0n) is 21.3. The third kappa shape index (κ3) is 7.53. The van der Waals surface area contributed by atoms with Gasteiger partial charge in [0.1, 0.15) is 17.5 Å². The first kappa shape index (κ1) is 28.0. The lowest BCUT2D eigenvalue weighted by molar-refractivity contribution is -0.143. The van der Waals surface area contributed by atoms with Crippen molar-refractivity contribution in [3.05, 3.63) is 130 Å². The Bertz CT molecular complexity index is 1400. The molecule has 0 heterocycles. The smallest absolute Gasteiger partial charge is 0.261 e. The summed E-state index contributed by atoms with van der Waals surface area (Å²) in [6.45, 7) is 0.0668. The van der Waals surface area contributed by atoms with Crippen molar-refractivity contribution in [1.29, 1.82) is 0 Å². The summed E-state index contributed by atoms with van der Waals surface area (Å²) in [7, 11) is 1.59. The molecule has 0 spiro atoms. The van der Waals surface area contributed by atoms with Gasteiger partial charge >= 0.3 is 0 Å². The molecular weight excluding hydrogens is 535 g/mol. The Morgan fingerprint density at radius 3 is 2.13 bits per heavy atom. The summed E-state index contributed by atoms with van der Waals surface area (Å²) in [5, 5.41) is 3.90. The van der Waals surface area contributed by atoms with E-state index in [2.05, 4.69) is 5.32 Å². The van der Waals surface area contributed by atoms with Gasteiger partial charge in [-0.25, -0.2) is 0 Å². The van der Waals surface area contributed by atoms with Gasteiger partial charge in [0.05, 0.1) is 12.1 Å². The van der Waals surface area contributed by atoms with Crippen molar-refractivity contribution in [3.8, 4) is 11.5 Å². The summed E-state index contributed by atoms with van der Waals surface area (Å²) in [6, 6.07) is 29.8. The van der Waals surface area contributed by atoms with Crippen LogP contribution in [0.5, 0.6) is 11.5 Å². The third-order valence-electron chi connectivity index (χ3n) is 6.11. The summed E-state index contributed by atoms with van der Waals surface area (Å²) < 4.78 is 11.0. The molecule has 200 valence electrons.